The van der Waals surface area contributed by atoms with Crippen molar-refractivity contribution in [1.82, 2.24) is 0 Å². The van der Waals surface area contributed by atoms with Crippen molar-refractivity contribution in [3.8, 4) is 0 Å². The number of Topliss-reactive ketones (excluding diaryl/α,β-unsaturated/α-hetero) is 2. The smallest absolute Gasteiger partial charge is 0.320 e. The molecule has 3 N–H and O–H groups in total. The second-order valence-corrected chi connectivity index (χ2v) is 3.73. The quantitative estimate of drug-likeness (QED) is 0.569. The third-order valence-corrected chi connectivity index (χ3v) is 2.31. The van der Waals surface area contributed by atoms with Gasteiger partial charge in [0, 0.05) is 12.5 Å². The van der Waals surface area contributed by atoms with Crippen LogP contribution in [0.1, 0.15) is 22.8 Å². The van der Waals surface area contributed by atoms with E-state index in [0.717, 1.165) is 0 Å². The van der Waals surface area contributed by atoms with Crippen LogP contribution in [0.3, 0.4) is 0 Å². The maximum atomic E-state index is 11.3. The molecule has 0 radical (unpaired) electrons. The Morgan fingerprint density at radius 3 is 2.18 bits per heavy atom. The first-order chi connectivity index (χ1) is 7.91. The van der Waals surface area contributed by atoms with E-state index in [1.165, 1.54) is 19.1 Å². The summed E-state index contributed by atoms with van der Waals surface area (Å²) in [7, 11) is 0. The Morgan fingerprint density at radius 2 is 1.76 bits per heavy atom. The van der Waals surface area contributed by atoms with Crippen LogP contribution < -0.4 is 5.73 Å². The van der Waals surface area contributed by atoms with Crippen LogP contribution in [0.5, 0.6) is 0 Å². The van der Waals surface area contributed by atoms with Crippen molar-refractivity contribution >= 4 is 17.5 Å². The minimum Gasteiger partial charge on any atom is -0.480 e. The molecule has 1 atom stereocenters. The molecular formula is C12H13NO4. The molecule has 1 aromatic carbocycles. The first kappa shape index (κ1) is 13.1. The Labute approximate surface area is 98.2 Å². The maximum Gasteiger partial charge on any atom is 0.320 e. The van der Waals surface area contributed by atoms with Gasteiger partial charge in [0.15, 0.2) is 5.78 Å². The molecule has 0 fully saturated rings. The zero-order valence-corrected chi connectivity index (χ0v) is 9.34. The van der Waals surface area contributed by atoms with E-state index in [1.54, 1.807) is 12.1 Å². The van der Waals surface area contributed by atoms with E-state index in [0.29, 0.717) is 11.1 Å². The molecule has 5 nitrogen and oxygen atoms in total. The monoisotopic (exact) mass is 235 g/mol. The molecule has 1 aromatic rings. The number of carbonyl (C=O) groups excluding carboxylic acids is 2. The fourth-order valence-corrected chi connectivity index (χ4v) is 1.34. The van der Waals surface area contributed by atoms with E-state index in [-0.39, 0.29) is 6.42 Å². The summed E-state index contributed by atoms with van der Waals surface area (Å²) in [6.45, 7) is 1.20. The molecule has 0 amide bonds. The Balaban J connectivity index is 2.78. The van der Waals surface area contributed by atoms with Crippen LogP contribution in [0, 0.1) is 0 Å². The predicted octanol–water partition coefficient (Wildman–Crippen LogP) is 0.413. The summed E-state index contributed by atoms with van der Waals surface area (Å²) in [5.41, 5.74) is 6.38. The number of benzene rings is 1. The minimum absolute atomic E-state index is 0.184. The molecule has 0 unspecified atom stereocenters. The van der Waals surface area contributed by atoms with E-state index in [4.69, 9.17) is 10.8 Å². The number of hydrogen-bond acceptors (Lipinski definition) is 4. The second-order valence-electron chi connectivity index (χ2n) is 3.73. The topological polar surface area (TPSA) is 97.5 Å². The molecule has 0 spiro atoms. The van der Waals surface area contributed by atoms with E-state index in [9.17, 15) is 14.4 Å². The fraction of sp³-hybridized carbons (Fsp3) is 0.250. The molecule has 0 bridgehead atoms. The van der Waals surface area contributed by atoms with Crippen molar-refractivity contribution in [3.05, 3.63) is 35.4 Å². The lowest BCUT2D eigenvalue weighted by Gasteiger charge is -2.06. The molecule has 17 heavy (non-hydrogen) atoms. The van der Waals surface area contributed by atoms with Crippen LogP contribution in [-0.4, -0.2) is 28.7 Å². The number of nitrogens with two attached hydrogens (primary N) is 1. The number of ketones is 2. The van der Waals surface area contributed by atoms with Crippen LogP contribution in [0.15, 0.2) is 24.3 Å². The van der Waals surface area contributed by atoms with Gasteiger partial charge in [-0.15, -0.1) is 0 Å². The highest BCUT2D eigenvalue weighted by molar-refractivity contribution is 6.42. The number of rotatable bonds is 5. The highest BCUT2D eigenvalue weighted by Crippen LogP contribution is 2.07. The Hall–Kier alpha value is -2.01. The Kier molecular flexibility index (Phi) is 4.12. The summed E-state index contributed by atoms with van der Waals surface area (Å²) in [6.07, 6.45) is 0.184. The molecule has 0 saturated carbocycles. The average molecular weight is 235 g/mol. The highest BCUT2D eigenvalue weighted by Gasteiger charge is 2.14. The standard InChI is InChI=1S/C12H13NO4/c1-7(14)11(15)9-4-2-8(3-5-9)6-10(13)12(16)17/h2-5,10H,6,13H2,1H3,(H,16,17)/t10-/m0/s1. The van der Waals surface area contributed by atoms with Crippen molar-refractivity contribution in [1.29, 1.82) is 0 Å². The summed E-state index contributed by atoms with van der Waals surface area (Å²) < 4.78 is 0. The van der Waals surface area contributed by atoms with Crippen molar-refractivity contribution < 1.29 is 19.5 Å². The van der Waals surface area contributed by atoms with Gasteiger partial charge >= 0.3 is 5.97 Å². The Morgan fingerprint density at radius 1 is 1.24 bits per heavy atom. The molecule has 0 heterocycles. The molecule has 90 valence electrons. The van der Waals surface area contributed by atoms with E-state index in [1.807, 2.05) is 0 Å². The third-order valence-electron chi connectivity index (χ3n) is 2.31. The molecule has 1 rings (SSSR count). The largest absolute Gasteiger partial charge is 0.480 e. The van der Waals surface area contributed by atoms with Crippen molar-refractivity contribution in [2.45, 2.75) is 19.4 Å². The van der Waals surface area contributed by atoms with Crippen LogP contribution >= 0.6 is 0 Å². The first-order valence-corrected chi connectivity index (χ1v) is 5.04. The lowest BCUT2D eigenvalue weighted by molar-refractivity contribution is -0.138. The lowest BCUT2D eigenvalue weighted by atomic mass is 10.0. The van der Waals surface area contributed by atoms with Crippen LogP contribution in [-0.2, 0) is 16.0 Å². The zero-order chi connectivity index (χ0) is 13.0. The van der Waals surface area contributed by atoms with E-state index >= 15 is 0 Å². The van der Waals surface area contributed by atoms with Gasteiger partial charge in [0.05, 0.1) is 0 Å². The van der Waals surface area contributed by atoms with Crippen LogP contribution in [0.4, 0.5) is 0 Å². The average Bonchev–Trinajstić information content (AvgIpc) is 2.28. The van der Waals surface area contributed by atoms with Gasteiger partial charge in [0.1, 0.15) is 6.04 Å². The molecule has 0 aliphatic carbocycles. The fourth-order valence-electron chi connectivity index (χ4n) is 1.34. The van der Waals surface area contributed by atoms with Gasteiger partial charge in [-0.25, -0.2) is 0 Å². The van der Waals surface area contributed by atoms with Gasteiger partial charge in [-0.1, -0.05) is 24.3 Å². The molecule has 5 heteroatoms. The second kappa shape index (κ2) is 5.36. The van der Waals surface area contributed by atoms with E-state index in [2.05, 4.69) is 0 Å². The first-order valence-electron chi connectivity index (χ1n) is 5.04. The van der Waals surface area contributed by atoms with Gasteiger partial charge in [-0.3, -0.25) is 14.4 Å². The van der Waals surface area contributed by atoms with Gasteiger partial charge in [0.2, 0.25) is 5.78 Å². The van der Waals surface area contributed by atoms with Crippen molar-refractivity contribution in [3.63, 3.8) is 0 Å². The normalized spacial score (nSPS) is 11.9. The molecule has 0 aromatic heterocycles. The SMILES string of the molecule is CC(=O)C(=O)c1ccc(C[C@H](N)C(=O)O)cc1. The van der Waals surface area contributed by atoms with Crippen molar-refractivity contribution in [2.75, 3.05) is 0 Å². The maximum absolute atomic E-state index is 11.3. The van der Waals surface area contributed by atoms with Gasteiger partial charge in [-0.2, -0.15) is 0 Å². The molecule has 0 saturated heterocycles. The highest BCUT2D eigenvalue weighted by atomic mass is 16.4. The van der Waals surface area contributed by atoms with Gasteiger partial charge in [-0.05, 0) is 12.0 Å². The van der Waals surface area contributed by atoms with Crippen LogP contribution in [0.2, 0.25) is 0 Å². The van der Waals surface area contributed by atoms with Gasteiger partial charge in [0.25, 0.3) is 0 Å². The summed E-state index contributed by atoms with van der Waals surface area (Å²) in [6, 6.07) is 5.21. The number of aliphatic carboxylic acids is 1. The van der Waals surface area contributed by atoms with Crippen molar-refractivity contribution in [2.24, 2.45) is 5.73 Å². The number of carboxylic acids is 1. The molecular weight excluding hydrogens is 222 g/mol. The number of carbonyl (C=O) groups is 3. The number of carboxylic acid groups (broad SMARTS) is 1. The van der Waals surface area contributed by atoms with Gasteiger partial charge < -0.3 is 10.8 Å². The van der Waals surface area contributed by atoms with E-state index < -0.39 is 23.6 Å². The lowest BCUT2D eigenvalue weighted by Crippen LogP contribution is -2.32. The zero-order valence-electron chi connectivity index (χ0n) is 9.34. The molecule has 0 aliphatic heterocycles. The Bertz CT molecular complexity index is 450. The summed E-state index contributed by atoms with van der Waals surface area (Å²) in [5, 5.41) is 8.64. The number of hydrogen-bond donors (Lipinski definition) is 2. The minimum atomic E-state index is -1.08. The molecule has 0 aliphatic rings. The third kappa shape index (κ3) is 3.49. The summed E-state index contributed by atoms with van der Waals surface area (Å²) in [4.78, 5) is 32.7. The predicted molar refractivity (Wildman–Crippen MR) is 60.8 cm³/mol. The summed E-state index contributed by atoms with van der Waals surface area (Å²) in [5.74, 6) is -2.16. The van der Waals surface area contributed by atoms with Crippen LogP contribution in [0.25, 0.3) is 0 Å². The summed E-state index contributed by atoms with van der Waals surface area (Å²) >= 11 is 0.